The SMILES string of the molecule is CC.CCC.c1cc2nc[nH]c2cn1. The van der Waals surface area contributed by atoms with E-state index < -0.39 is 0 Å². The summed E-state index contributed by atoms with van der Waals surface area (Å²) in [5.74, 6) is 0. The first-order chi connectivity index (χ1) is 6.88. The van der Waals surface area contributed by atoms with Crippen molar-refractivity contribution in [3.05, 3.63) is 24.8 Å². The van der Waals surface area contributed by atoms with Crippen LogP contribution < -0.4 is 0 Å². The Hall–Kier alpha value is -1.38. The standard InChI is InChI=1S/C6H5N3.C3H8.C2H6/c1-2-7-3-6-5(1)8-4-9-6;1-3-2;1-2/h1-4H,(H,8,9);3H2,1-2H3;1-2H3. The zero-order valence-electron chi connectivity index (χ0n) is 9.41. The van der Waals surface area contributed by atoms with Crippen molar-refractivity contribution in [1.82, 2.24) is 15.0 Å². The first-order valence-electron chi connectivity index (χ1n) is 5.11. The summed E-state index contributed by atoms with van der Waals surface area (Å²) in [4.78, 5) is 10.9. The van der Waals surface area contributed by atoms with Crippen molar-refractivity contribution in [3.8, 4) is 0 Å². The van der Waals surface area contributed by atoms with E-state index in [1.165, 1.54) is 6.42 Å². The third-order valence-corrected chi connectivity index (χ3v) is 1.22. The fourth-order valence-corrected chi connectivity index (χ4v) is 0.782. The molecule has 1 N–H and O–H groups in total. The van der Waals surface area contributed by atoms with Gasteiger partial charge < -0.3 is 4.98 Å². The Morgan fingerprint density at radius 2 is 1.93 bits per heavy atom. The van der Waals surface area contributed by atoms with Gasteiger partial charge in [-0.05, 0) is 6.07 Å². The molecule has 0 radical (unpaired) electrons. The van der Waals surface area contributed by atoms with E-state index in [1.54, 1.807) is 18.7 Å². The van der Waals surface area contributed by atoms with Crippen LogP contribution in [0.4, 0.5) is 0 Å². The van der Waals surface area contributed by atoms with E-state index in [0.29, 0.717) is 0 Å². The Morgan fingerprint density at radius 1 is 1.29 bits per heavy atom. The van der Waals surface area contributed by atoms with Crippen LogP contribution in [0, 0.1) is 0 Å². The lowest BCUT2D eigenvalue weighted by Gasteiger charge is -1.80. The molecule has 0 saturated carbocycles. The number of aromatic nitrogens is 3. The summed E-state index contributed by atoms with van der Waals surface area (Å²) < 4.78 is 0. The van der Waals surface area contributed by atoms with Crippen LogP contribution >= 0.6 is 0 Å². The van der Waals surface area contributed by atoms with Crippen LogP contribution in [0.15, 0.2) is 24.8 Å². The predicted octanol–water partition coefficient (Wildman–Crippen LogP) is 3.40. The monoisotopic (exact) mass is 193 g/mol. The lowest BCUT2D eigenvalue weighted by atomic mass is 10.4. The first kappa shape index (κ1) is 12.6. The molecular formula is C11H19N3. The normalized spacial score (nSPS) is 8.29. The molecule has 0 fully saturated rings. The number of aromatic amines is 1. The number of nitrogens with zero attached hydrogens (tertiary/aromatic N) is 2. The van der Waals surface area contributed by atoms with Crippen LogP contribution in [0.5, 0.6) is 0 Å². The Bertz CT molecular complexity index is 298. The van der Waals surface area contributed by atoms with Crippen LogP contribution in [0.2, 0.25) is 0 Å². The van der Waals surface area contributed by atoms with Crippen molar-refractivity contribution in [1.29, 1.82) is 0 Å². The molecule has 2 aromatic rings. The summed E-state index contributed by atoms with van der Waals surface area (Å²) in [5, 5.41) is 0. The van der Waals surface area contributed by atoms with Gasteiger partial charge in [0.05, 0.1) is 23.6 Å². The van der Waals surface area contributed by atoms with E-state index in [1.807, 2.05) is 19.9 Å². The predicted molar refractivity (Wildman–Crippen MR) is 61.2 cm³/mol. The van der Waals surface area contributed by atoms with Gasteiger partial charge >= 0.3 is 0 Å². The maximum atomic E-state index is 4.02. The van der Waals surface area contributed by atoms with Crippen molar-refractivity contribution in [3.63, 3.8) is 0 Å². The molecule has 0 bridgehead atoms. The topological polar surface area (TPSA) is 41.6 Å². The number of imidazole rings is 1. The van der Waals surface area contributed by atoms with Gasteiger partial charge in [-0.3, -0.25) is 4.98 Å². The van der Waals surface area contributed by atoms with Gasteiger partial charge in [0.1, 0.15) is 0 Å². The molecule has 0 aliphatic carbocycles. The molecule has 14 heavy (non-hydrogen) atoms. The largest absolute Gasteiger partial charge is 0.343 e. The summed E-state index contributed by atoms with van der Waals surface area (Å²) in [5.41, 5.74) is 1.95. The molecular weight excluding hydrogens is 174 g/mol. The van der Waals surface area contributed by atoms with Gasteiger partial charge in [-0.2, -0.15) is 0 Å². The van der Waals surface area contributed by atoms with E-state index in [-0.39, 0.29) is 0 Å². The van der Waals surface area contributed by atoms with E-state index in [0.717, 1.165) is 11.0 Å². The number of nitrogens with one attached hydrogen (secondary N) is 1. The first-order valence-corrected chi connectivity index (χ1v) is 5.11. The van der Waals surface area contributed by atoms with Gasteiger partial charge in [-0.15, -0.1) is 0 Å². The molecule has 0 amide bonds. The van der Waals surface area contributed by atoms with Crippen molar-refractivity contribution in [2.24, 2.45) is 0 Å². The lowest BCUT2D eigenvalue weighted by molar-refractivity contribution is 1.09. The van der Waals surface area contributed by atoms with Crippen LogP contribution in [0.25, 0.3) is 11.0 Å². The molecule has 2 rings (SSSR count). The molecule has 0 aromatic carbocycles. The van der Waals surface area contributed by atoms with Crippen LogP contribution in [0.3, 0.4) is 0 Å². The molecule has 0 saturated heterocycles. The van der Waals surface area contributed by atoms with Crippen LogP contribution in [0.1, 0.15) is 34.1 Å². The van der Waals surface area contributed by atoms with Crippen molar-refractivity contribution in [2.45, 2.75) is 34.1 Å². The second-order valence-electron chi connectivity index (χ2n) is 2.50. The number of pyridine rings is 1. The van der Waals surface area contributed by atoms with Gasteiger partial charge in [-0.25, -0.2) is 4.98 Å². The Balaban J connectivity index is 0.000000294. The molecule has 0 atom stereocenters. The molecule has 0 spiro atoms. The lowest BCUT2D eigenvalue weighted by Crippen LogP contribution is -1.69. The van der Waals surface area contributed by atoms with E-state index in [4.69, 9.17) is 0 Å². The fourth-order valence-electron chi connectivity index (χ4n) is 0.782. The molecule has 0 aliphatic heterocycles. The van der Waals surface area contributed by atoms with E-state index in [2.05, 4.69) is 28.8 Å². The summed E-state index contributed by atoms with van der Waals surface area (Å²) in [6, 6.07) is 1.87. The number of rotatable bonds is 0. The Labute approximate surface area is 85.6 Å². The summed E-state index contributed by atoms with van der Waals surface area (Å²) in [6.07, 6.45) is 6.39. The minimum atomic E-state index is 0.963. The highest BCUT2D eigenvalue weighted by Gasteiger charge is 1.89. The zero-order valence-corrected chi connectivity index (χ0v) is 9.41. The summed E-state index contributed by atoms with van der Waals surface area (Å²) in [7, 11) is 0. The second kappa shape index (κ2) is 8.23. The Morgan fingerprint density at radius 3 is 2.50 bits per heavy atom. The van der Waals surface area contributed by atoms with Gasteiger partial charge in [0.15, 0.2) is 0 Å². The maximum absolute atomic E-state index is 4.02. The molecule has 0 aliphatic rings. The fraction of sp³-hybridized carbons (Fsp3) is 0.455. The molecule has 2 aromatic heterocycles. The van der Waals surface area contributed by atoms with E-state index >= 15 is 0 Å². The van der Waals surface area contributed by atoms with E-state index in [9.17, 15) is 0 Å². The molecule has 3 nitrogen and oxygen atoms in total. The highest BCUT2D eigenvalue weighted by molar-refractivity contribution is 5.72. The number of hydrogen-bond donors (Lipinski definition) is 1. The highest BCUT2D eigenvalue weighted by atomic mass is 14.9. The molecule has 78 valence electrons. The average Bonchev–Trinajstić information content (AvgIpc) is 2.69. The second-order valence-corrected chi connectivity index (χ2v) is 2.50. The van der Waals surface area contributed by atoms with Gasteiger partial charge in [-0.1, -0.05) is 34.1 Å². The zero-order chi connectivity index (χ0) is 10.8. The number of hydrogen-bond acceptors (Lipinski definition) is 2. The quantitative estimate of drug-likeness (QED) is 0.696. The number of fused-ring (bicyclic) bond motifs is 1. The highest BCUT2D eigenvalue weighted by Crippen LogP contribution is 2.03. The number of H-pyrrole nitrogens is 1. The van der Waals surface area contributed by atoms with Crippen molar-refractivity contribution < 1.29 is 0 Å². The average molecular weight is 193 g/mol. The minimum absolute atomic E-state index is 0.963. The van der Waals surface area contributed by atoms with Gasteiger partial charge in [0.25, 0.3) is 0 Å². The van der Waals surface area contributed by atoms with Crippen molar-refractivity contribution >= 4 is 11.0 Å². The minimum Gasteiger partial charge on any atom is -0.343 e. The van der Waals surface area contributed by atoms with Crippen molar-refractivity contribution in [2.75, 3.05) is 0 Å². The van der Waals surface area contributed by atoms with Gasteiger partial charge in [0.2, 0.25) is 0 Å². The third kappa shape index (κ3) is 4.03. The summed E-state index contributed by atoms with van der Waals surface area (Å²) in [6.45, 7) is 8.25. The smallest absolute Gasteiger partial charge is 0.0932 e. The Kier molecular flexibility index (Phi) is 7.42. The summed E-state index contributed by atoms with van der Waals surface area (Å²) >= 11 is 0. The molecule has 0 unspecified atom stereocenters. The van der Waals surface area contributed by atoms with Crippen LogP contribution in [-0.4, -0.2) is 15.0 Å². The van der Waals surface area contributed by atoms with Gasteiger partial charge in [0, 0.05) is 6.20 Å². The van der Waals surface area contributed by atoms with Crippen LogP contribution in [-0.2, 0) is 0 Å². The third-order valence-electron chi connectivity index (χ3n) is 1.22. The maximum Gasteiger partial charge on any atom is 0.0932 e. The molecule has 3 heteroatoms. The molecule has 2 heterocycles.